The Balaban J connectivity index is 1.61. The van der Waals surface area contributed by atoms with Crippen LogP contribution in [-0.4, -0.2) is 39.3 Å². The van der Waals surface area contributed by atoms with E-state index in [0.717, 1.165) is 24.0 Å². The Morgan fingerprint density at radius 2 is 2.41 bits per heavy atom. The molecule has 6 nitrogen and oxygen atoms in total. The van der Waals surface area contributed by atoms with Crippen LogP contribution in [0.25, 0.3) is 0 Å². The molecule has 0 aromatic carbocycles. The highest BCUT2D eigenvalue weighted by Crippen LogP contribution is 2.28. The number of nitrogens with zero attached hydrogens (tertiary/aromatic N) is 5. The summed E-state index contributed by atoms with van der Waals surface area (Å²) in [6, 6.07) is 2.41. The highest BCUT2D eigenvalue weighted by Gasteiger charge is 2.30. The van der Waals surface area contributed by atoms with Crippen molar-refractivity contribution < 1.29 is 4.74 Å². The van der Waals surface area contributed by atoms with Gasteiger partial charge in [0.05, 0.1) is 6.04 Å². The van der Waals surface area contributed by atoms with Gasteiger partial charge in [-0.25, -0.2) is 4.98 Å². The largest absolute Gasteiger partial charge is 0.377 e. The van der Waals surface area contributed by atoms with Crippen molar-refractivity contribution in [2.45, 2.75) is 12.6 Å². The first-order valence-corrected chi connectivity index (χ1v) is 6.20. The zero-order valence-corrected chi connectivity index (χ0v) is 10.3. The Labute approximate surface area is 103 Å². The van der Waals surface area contributed by atoms with Crippen molar-refractivity contribution in [3.8, 4) is 0 Å². The van der Waals surface area contributed by atoms with Crippen molar-refractivity contribution in [2.24, 2.45) is 0 Å². The Morgan fingerprint density at radius 1 is 1.53 bits per heavy atom. The maximum Gasteiger partial charge on any atom is 0.205 e. The Hall–Kier alpha value is -1.47. The van der Waals surface area contributed by atoms with Crippen molar-refractivity contribution >= 4 is 16.7 Å². The molecular formula is C10H13N5OS. The molecule has 0 bridgehead atoms. The summed E-state index contributed by atoms with van der Waals surface area (Å²) < 4.78 is 11.2. The lowest BCUT2D eigenvalue weighted by Gasteiger charge is -2.38. The van der Waals surface area contributed by atoms with E-state index in [-0.39, 0.29) is 0 Å². The molecule has 0 saturated carbocycles. The normalized spacial score (nSPS) is 16.2. The summed E-state index contributed by atoms with van der Waals surface area (Å²) in [5.41, 5.74) is 0. The maximum absolute atomic E-state index is 5.00. The minimum atomic E-state index is 0.458. The van der Waals surface area contributed by atoms with Gasteiger partial charge in [0.2, 0.25) is 5.13 Å². The first-order valence-electron chi connectivity index (χ1n) is 5.42. The number of aromatic nitrogens is 4. The lowest BCUT2D eigenvalue weighted by molar-refractivity contribution is 0.179. The third kappa shape index (κ3) is 2.03. The topological polar surface area (TPSA) is 56.1 Å². The van der Waals surface area contributed by atoms with Gasteiger partial charge >= 0.3 is 0 Å². The molecule has 1 aliphatic heterocycles. The third-order valence-electron chi connectivity index (χ3n) is 2.76. The van der Waals surface area contributed by atoms with Gasteiger partial charge in [0.1, 0.15) is 6.61 Å². The van der Waals surface area contributed by atoms with E-state index in [9.17, 15) is 0 Å². The van der Waals surface area contributed by atoms with Crippen LogP contribution in [-0.2, 0) is 11.3 Å². The van der Waals surface area contributed by atoms with Gasteiger partial charge in [-0.1, -0.05) is 0 Å². The third-order valence-corrected chi connectivity index (χ3v) is 3.58. The van der Waals surface area contributed by atoms with Crippen molar-refractivity contribution in [1.29, 1.82) is 0 Å². The summed E-state index contributed by atoms with van der Waals surface area (Å²) in [7, 11) is 1.65. The Kier molecular flexibility index (Phi) is 2.77. The molecule has 90 valence electrons. The van der Waals surface area contributed by atoms with Crippen LogP contribution in [0.4, 0.5) is 5.13 Å². The summed E-state index contributed by atoms with van der Waals surface area (Å²) in [6.45, 7) is 2.37. The molecule has 0 aliphatic carbocycles. The van der Waals surface area contributed by atoms with Gasteiger partial charge in [-0.15, -0.1) is 0 Å². The number of hydrogen-bond donors (Lipinski definition) is 0. The van der Waals surface area contributed by atoms with Gasteiger partial charge < -0.3 is 9.64 Å². The fraction of sp³-hybridized carbons (Fsp3) is 0.500. The first-order chi connectivity index (χ1) is 8.36. The summed E-state index contributed by atoms with van der Waals surface area (Å²) in [4.78, 5) is 6.63. The first kappa shape index (κ1) is 10.7. The van der Waals surface area contributed by atoms with Gasteiger partial charge in [-0.3, -0.25) is 4.68 Å². The Bertz CT molecular complexity index is 477. The molecule has 2 aromatic heterocycles. The molecule has 1 fully saturated rings. The van der Waals surface area contributed by atoms with E-state index in [1.54, 1.807) is 7.11 Å². The molecule has 0 radical (unpaired) electrons. The number of ether oxygens (including phenoxy) is 1. The monoisotopic (exact) mass is 251 g/mol. The second-order valence-corrected chi connectivity index (χ2v) is 4.70. The van der Waals surface area contributed by atoms with Crippen molar-refractivity contribution in [2.75, 3.05) is 25.1 Å². The standard InChI is InChI=1S/C10H13N5OS/c1-16-7-9-12-10(17-13-9)14-5-8(6-14)15-4-2-3-11-15/h2-4,8H,5-7H2,1H3. The van der Waals surface area contributed by atoms with E-state index >= 15 is 0 Å². The highest BCUT2D eigenvalue weighted by molar-refractivity contribution is 7.09. The predicted octanol–water partition coefficient (Wildman–Crippen LogP) is 0.942. The molecule has 7 heteroatoms. The van der Waals surface area contributed by atoms with Crippen LogP contribution in [0.15, 0.2) is 18.5 Å². The molecule has 3 rings (SSSR count). The molecule has 0 spiro atoms. The molecule has 0 amide bonds. The average Bonchev–Trinajstić information content (AvgIpc) is 2.88. The summed E-state index contributed by atoms with van der Waals surface area (Å²) in [5, 5.41) is 5.21. The smallest absolute Gasteiger partial charge is 0.205 e. The predicted molar refractivity (Wildman–Crippen MR) is 64.1 cm³/mol. The minimum absolute atomic E-state index is 0.458. The Morgan fingerprint density at radius 3 is 3.12 bits per heavy atom. The SMILES string of the molecule is COCc1nsc(N2CC(n3cccn3)C2)n1. The fourth-order valence-electron chi connectivity index (χ4n) is 1.84. The second-order valence-electron chi connectivity index (χ2n) is 3.97. The van der Waals surface area contributed by atoms with Gasteiger partial charge in [0, 0.05) is 44.1 Å². The highest BCUT2D eigenvalue weighted by atomic mass is 32.1. The van der Waals surface area contributed by atoms with Crippen molar-refractivity contribution in [1.82, 2.24) is 19.1 Å². The molecular weight excluding hydrogens is 238 g/mol. The lowest BCUT2D eigenvalue weighted by Crippen LogP contribution is -2.48. The molecule has 3 heterocycles. The number of anilines is 1. The van der Waals surface area contributed by atoms with Gasteiger partial charge in [-0.2, -0.15) is 9.47 Å². The van der Waals surface area contributed by atoms with Crippen LogP contribution in [0.1, 0.15) is 11.9 Å². The van der Waals surface area contributed by atoms with Gasteiger partial charge in [0.15, 0.2) is 5.82 Å². The van der Waals surface area contributed by atoms with E-state index in [0.29, 0.717) is 12.6 Å². The average molecular weight is 251 g/mol. The van der Waals surface area contributed by atoms with Crippen LogP contribution in [0.2, 0.25) is 0 Å². The van der Waals surface area contributed by atoms with Crippen molar-refractivity contribution in [3.63, 3.8) is 0 Å². The van der Waals surface area contributed by atoms with E-state index in [1.807, 2.05) is 23.1 Å². The number of methoxy groups -OCH3 is 1. The van der Waals surface area contributed by atoms with E-state index in [2.05, 4.69) is 19.4 Å². The molecule has 0 N–H and O–H groups in total. The quantitative estimate of drug-likeness (QED) is 0.809. The molecule has 2 aromatic rings. The summed E-state index contributed by atoms with van der Waals surface area (Å²) in [6.07, 6.45) is 3.81. The molecule has 0 atom stereocenters. The van der Waals surface area contributed by atoms with Crippen LogP contribution in [0.3, 0.4) is 0 Å². The second kappa shape index (κ2) is 4.42. The fourth-order valence-corrected chi connectivity index (χ4v) is 2.53. The van der Waals surface area contributed by atoms with Crippen LogP contribution >= 0.6 is 11.5 Å². The molecule has 17 heavy (non-hydrogen) atoms. The zero-order valence-electron chi connectivity index (χ0n) is 9.48. The van der Waals surface area contributed by atoms with Crippen LogP contribution in [0, 0.1) is 0 Å². The van der Waals surface area contributed by atoms with E-state index in [4.69, 9.17) is 4.74 Å². The van der Waals surface area contributed by atoms with Crippen LogP contribution in [0.5, 0.6) is 0 Å². The maximum atomic E-state index is 5.00. The van der Waals surface area contributed by atoms with Gasteiger partial charge in [0.25, 0.3) is 0 Å². The minimum Gasteiger partial charge on any atom is -0.377 e. The van der Waals surface area contributed by atoms with E-state index in [1.165, 1.54) is 11.5 Å². The van der Waals surface area contributed by atoms with Crippen molar-refractivity contribution in [3.05, 3.63) is 24.3 Å². The van der Waals surface area contributed by atoms with Crippen LogP contribution < -0.4 is 4.90 Å². The molecule has 0 unspecified atom stereocenters. The van der Waals surface area contributed by atoms with Gasteiger partial charge in [-0.05, 0) is 6.07 Å². The molecule has 1 saturated heterocycles. The van der Waals surface area contributed by atoms with E-state index < -0.39 is 0 Å². The zero-order chi connectivity index (χ0) is 11.7. The number of rotatable bonds is 4. The summed E-state index contributed by atoms with van der Waals surface area (Å²) in [5.74, 6) is 0.759. The summed E-state index contributed by atoms with van der Waals surface area (Å²) >= 11 is 1.43. The number of hydrogen-bond acceptors (Lipinski definition) is 6. The lowest BCUT2D eigenvalue weighted by atomic mass is 10.1. The molecule has 1 aliphatic rings.